The third-order valence-electron chi connectivity index (χ3n) is 5.96. The van der Waals surface area contributed by atoms with Gasteiger partial charge in [-0.1, -0.05) is 42.5 Å². The number of nitrogens with zero attached hydrogens (tertiary/aromatic N) is 1. The molecule has 1 aliphatic carbocycles. The van der Waals surface area contributed by atoms with Crippen LogP contribution in [0.2, 0.25) is 0 Å². The van der Waals surface area contributed by atoms with E-state index >= 15 is 0 Å². The first kappa shape index (κ1) is 16.7. The maximum Gasteiger partial charge on any atom is 0.197 e. The highest BCUT2D eigenvalue weighted by Crippen LogP contribution is 2.37. The van der Waals surface area contributed by atoms with Crippen molar-refractivity contribution >= 4 is 49.5 Å². The van der Waals surface area contributed by atoms with Crippen LogP contribution in [-0.4, -0.2) is 21.0 Å². The molecule has 4 heteroatoms. The Balaban J connectivity index is 1.44. The molecule has 0 unspecified atom stereocenters. The molecule has 0 spiro atoms. The van der Waals surface area contributed by atoms with Crippen LogP contribution < -0.4 is 0 Å². The summed E-state index contributed by atoms with van der Waals surface area (Å²) in [5.41, 5.74) is 3.88. The summed E-state index contributed by atoms with van der Waals surface area (Å²) >= 11 is 1.07. The van der Waals surface area contributed by atoms with Gasteiger partial charge in [-0.05, 0) is 45.5 Å². The Hall–Kier alpha value is -3.24. The molecule has 3 aromatic carbocycles. The predicted octanol–water partition coefficient (Wildman–Crippen LogP) is 4.89. The van der Waals surface area contributed by atoms with E-state index in [4.69, 9.17) is 0 Å². The summed E-state index contributed by atoms with van der Waals surface area (Å²) in [4.78, 5) is 27.1. The molecule has 1 aliphatic heterocycles. The third kappa shape index (κ3) is 2.29. The average Bonchev–Trinajstić information content (AvgIpc) is 3.35. The Morgan fingerprint density at radius 2 is 1.52 bits per heavy atom. The molecule has 29 heavy (non-hydrogen) atoms. The lowest BCUT2D eigenvalue weighted by Crippen LogP contribution is -2.04. The summed E-state index contributed by atoms with van der Waals surface area (Å²) < 4.78 is 2.22. The summed E-state index contributed by atoms with van der Waals surface area (Å²) in [6, 6.07) is 19.9. The van der Waals surface area contributed by atoms with E-state index in [1.807, 2.05) is 42.5 Å². The highest BCUT2D eigenvalue weighted by Gasteiger charge is 2.34. The maximum atomic E-state index is 13.0. The molecule has 3 nitrogen and oxygen atoms in total. The van der Waals surface area contributed by atoms with Crippen molar-refractivity contribution in [2.24, 2.45) is 7.05 Å². The Labute approximate surface area is 171 Å². The van der Waals surface area contributed by atoms with E-state index in [9.17, 15) is 9.59 Å². The fraction of sp³-hybridized carbons (Fsp3) is 0.0800. The molecule has 0 radical (unpaired) electrons. The summed E-state index contributed by atoms with van der Waals surface area (Å²) in [6.07, 6.45) is 2.62. The molecule has 0 bridgehead atoms. The number of aryl methyl sites for hydroxylation is 1. The molecular weight excluding hydrogens is 378 g/mol. The first-order chi connectivity index (χ1) is 14.1. The largest absolute Gasteiger partial charge is 0.339 e. The molecule has 1 aromatic heterocycles. The minimum atomic E-state index is -0.153. The predicted molar refractivity (Wildman–Crippen MR) is 120 cm³/mol. The molecule has 140 valence electrons. The standard InChI is InChI=1S/C25H17NO2S/c1-26-22-9-5-4-8-17(22)20-12-16(29-25(20)26)13-21-23(27)18-10-14-6-2-3-7-15(14)11-19(18)24(21)28/h2-11,13,29H,12H2,1H3. The number of thiol groups is 1. The Bertz CT molecular complexity index is 1410. The van der Waals surface area contributed by atoms with Gasteiger partial charge >= 0.3 is 0 Å². The van der Waals surface area contributed by atoms with Crippen molar-refractivity contribution in [1.82, 2.24) is 4.57 Å². The van der Waals surface area contributed by atoms with Gasteiger partial charge in [-0.2, -0.15) is 0 Å². The Kier molecular flexibility index (Phi) is 3.38. The zero-order valence-electron chi connectivity index (χ0n) is 15.8. The van der Waals surface area contributed by atoms with E-state index in [0.29, 0.717) is 16.7 Å². The number of carbonyl (C=O) groups is 2. The smallest absolute Gasteiger partial charge is 0.197 e. The molecule has 2 heterocycles. The summed E-state index contributed by atoms with van der Waals surface area (Å²) in [6.45, 7) is 0. The van der Waals surface area contributed by atoms with E-state index in [1.54, 1.807) is 0 Å². The Morgan fingerprint density at radius 3 is 2.21 bits per heavy atom. The van der Waals surface area contributed by atoms with Crippen LogP contribution in [0.5, 0.6) is 0 Å². The van der Waals surface area contributed by atoms with Crippen LogP contribution in [0.15, 0.2) is 77.3 Å². The lowest BCUT2D eigenvalue weighted by Gasteiger charge is -2.00. The van der Waals surface area contributed by atoms with Crippen molar-refractivity contribution in [2.45, 2.75) is 11.4 Å². The second-order valence-corrected chi connectivity index (χ2v) is 8.84. The van der Waals surface area contributed by atoms with Crippen LogP contribution in [0.4, 0.5) is 0 Å². The zero-order chi connectivity index (χ0) is 19.7. The van der Waals surface area contributed by atoms with Crippen LogP contribution >= 0.6 is 11.4 Å². The summed E-state index contributed by atoms with van der Waals surface area (Å²) in [5.74, 6) is -0.307. The van der Waals surface area contributed by atoms with Crippen LogP contribution in [0.1, 0.15) is 26.3 Å². The minimum absolute atomic E-state index is 0.153. The number of allylic oxidation sites excluding steroid dienone is 2. The molecular formula is C25H17NO2S. The quantitative estimate of drug-likeness (QED) is 0.216. The highest BCUT2D eigenvalue weighted by atomic mass is 32.1. The van der Waals surface area contributed by atoms with Gasteiger partial charge in [0.15, 0.2) is 11.6 Å². The van der Waals surface area contributed by atoms with Crippen molar-refractivity contribution < 1.29 is 9.59 Å². The van der Waals surface area contributed by atoms with Gasteiger partial charge in [0.05, 0.1) is 10.6 Å². The van der Waals surface area contributed by atoms with Gasteiger partial charge in [-0.15, -0.1) is 11.4 Å². The summed E-state index contributed by atoms with van der Waals surface area (Å²) in [7, 11) is 2.08. The van der Waals surface area contributed by atoms with E-state index in [2.05, 4.69) is 35.9 Å². The number of rotatable bonds is 1. The van der Waals surface area contributed by atoms with Gasteiger partial charge in [0.2, 0.25) is 0 Å². The van der Waals surface area contributed by atoms with Gasteiger partial charge in [0, 0.05) is 35.5 Å². The van der Waals surface area contributed by atoms with Crippen molar-refractivity contribution in [3.63, 3.8) is 0 Å². The van der Waals surface area contributed by atoms with Crippen molar-refractivity contribution in [3.05, 3.63) is 89.0 Å². The number of hydrogen-bond donors (Lipinski definition) is 1. The van der Waals surface area contributed by atoms with Crippen LogP contribution in [-0.2, 0) is 13.5 Å². The normalized spacial score (nSPS) is 15.5. The fourth-order valence-corrected chi connectivity index (χ4v) is 5.82. The first-order valence-electron chi connectivity index (χ1n) is 9.59. The number of ketones is 2. The highest BCUT2D eigenvalue weighted by molar-refractivity contribution is 7.99. The number of fused-ring (bicyclic) bond motifs is 5. The number of carbonyl (C=O) groups excluding carboxylic acids is 2. The van der Waals surface area contributed by atoms with Crippen molar-refractivity contribution in [2.75, 3.05) is 0 Å². The Morgan fingerprint density at radius 1 is 0.897 bits per heavy atom. The van der Waals surface area contributed by atoms with Crippen LogP contribution in [0.3, 0.4) is 0 Å². The molecule has 4 aromatic rings. The SMILES string of the molecule is Cn1c2c(c3ccccc31)CC(C=C1C(=O)c3cc4ccccc4cc3C1=O)=[SH]2. The molecule has 6 rings (SSSR count). The fourth-order valence-electron chi connectivity index (χ4n) is 4.52. The molecule has 2 aliphatic rings. The monoisotopic (exact) mass is 395 g/mol. The second kappa shape index (κ2) is 5.88. The van der Waals surface area contributed by atoms with Gasteiger partial charge in [-0.3, -0.25) is 9.59 Å². The lowest BCUT2D eigenvalue weighted by molar-refractivity contribution is 0.0989. The number of Topliss-reactive ketones (excluding diaryl/α,β-unsaturated/α-hetero) is 2. The van der Waals surface area contributed by atoms with E-state index in [-0.39, 0.29) is 11.6 Å². The topological polar surface area (TPSA) is 39.1 Å². The minimum Gasteiger partial charge on any atom is -0.339 e. The first-order valence-corrected chi connectivity index (χ1v) is 10.5. The number of aromatic nitrogens is 1. The van der Waals surface area contributed by atoms with Crippen molar-refractivity contribution in [3.8, 4) is 0 Å². The summed E-state index contributed by atoms with van der Waals surface area (Å²) in [5, 5.41) is 4.47. The van der Waals surface area contributed by atoms with Gasteiger partial charge in [-0.25, -0.2) is 0 Å². The van der Waals surface area contributed by atoms with Crippen LogP contribution in [0, 0.1) is 0 Å². The average molecular weight is 395 g/mol. The second-order valence-electron chi connectivity index (χ2n) is 7.62. The van der Waals surface area contributed by atoms with Gasteiger partial charge < -0.3 is 4.57 Å². The van der Waals surface area contributed by atoms with E-state index in [0.717, 1.165) is 33.4 Å². The number of hydrogen-bond acceptors (Lipinski definition) is 2. The van der Waals surface area contributed by atoms with E-state index < -0.39 is 0 Å². The van der Waals surface area contributed by atoms with Gasteiger partial charge in [0.25, 0.3) is 0 Å². The zero-order valence-corrected chi connectivity index (χ0v) is 16.7. The van der Waals surface area contributed by atoms with Gasteiger partial charge in [0.1, 0.15) is 0 Å². The molecule has 0 fully saturated rings. The lowest BCUT2D eigenvalue weighted by atomic mass is 10.0. The number of para-hydroxylation sites is 1. The number of benzene rings is 3. The third-order valence-corrected chi connectivity index (χ3v) is 7.32. The van der Waals surface area contributed by atoms with Crippen molar-refractivity contribution in [1.29, 1.82) is 0 Å². The maximum absolute atomic E-state index is 13.0. The molecule has 0 saturated heterocycles. The van der Waals surface area contributed by atoms with Crippen LogP contribution in [0.25, 0.3) is 21.7 Å². The molecule has 0 N–H and O–H groups in total. The molecule has 0 atom stereocenters. The van der Waals surface area contributed by atoms with E-state index in [1.165, 1.54) is 21.5 Å². The molecule has 0 saturated carbocycles. The molecule has 0 amide bonds.